The molecule has 0 aliphatic heterocycles. The molecule has 1 amide bonds. The molecule has 9 heteroatoms. The lowest BCUT2D eigenvalue weighted by Crippen LogP contribution is -2.29. The van der Waals surface area contributed by atoms with Crippen molar-refractivity contribution in [3.05, 3.63) is 64.7 Å². The Balaban J connectivity index is 1.64. The van der Waals surface area contributed by atoms with Gasteiger partial charge in [0.1, 0.15) is 0 Å². The van der Waals surface area contributed by atoms with Crippen LogP contribution in [0.1, 0.15) is 12.0 Å². The molecule has 7 nitrogen and oxygen atoms in total. The monoisotopic (exact) mass is 417 g/mol. The number of hydrogen-bond acceptors (Lipinski definition) is 5. The number of rotatable bonds is 8. The van der Waals surface area contributed by atoms with Crippen molar-refractivity contribution in [2.24, 2.45) is 0 Å². The van der Waals surface area contributed by atoms with Crippen LogP contribution in [0.4, 0.5) is 8.78 Å². The first-order valence-corrected chi connectivity index (χ1v) is 9.19. The number of halogens is 2. The van der Waals surface area contributed by atoms with Crippen molar-refractivity contribution in [2.45, 2.75) is 26.1 Å². The first-order valence-electron chi connectivity index (χ1n) is 9.19. The van der Waals surface area contributed by atoms with Crippen LogP contribution in [0.25, 0.3) is 10.9 Å². The van der Waals surface area contributed by atoms with Crippen molar-refractivity contribution < 1.29 is 23.0 Å². The second-order valence-electron chi connectivity index (χ2n) is 6.62. The van der Waals surface area contributed by atoms with Gasteiger partial charge in [0.05, 0.1) is 24.3 Å². The molecule has 2 aromatic carbocycles. The summed E-state index contributed by atoms with van der Waals surface area (Å²) >= 11 is 0. The molecule has 1 heterocycles. The molecule has 3 rings (SSSR count). The smallest absolute Gasteiger partial charge is 0.387 e. The fourth-order valence-corrected chi connectivity index (χ4v) is 3.04. The average molecular weight is 417 g/mol. The highest BCUT2D eigenvalue weighted by Crippen LogP contribution is 2.29. The third kappa shape index (κ3) is 4.91. The molecule has 0 aliphatic rings. The number of carbonyl (C=O) groups is 1. The lowest BCUT2D eigenvalue weighted by atomic mass is 10.2. The Morgan fingerprint density at radius 2 is 1.97 bits per heavy atom. The third-order valence-corrected chi connectivity index (χ3v) is 4.59. The SMILES string of the molecule is COc1cc(CN(C)C(=O)CCn2cnc3ccccc3c2=O)ccc1OC(F)F. The Bertz CT molecular complexity index is 1100. The molecule has 0 aliphatic carbocycles. The summed E-state index contributed by atoms with van der Waals surface area (Å²) in [5, 5.41) is 0.499. The molecule has 0 spiro atoms. The van der Waals surface area contributed by atoms with Crippen molar-refractivity contribution in [2.75, 3.05) is 14.2 Å². The molecule has 0 saturated carbocycles. The molecule has 0 saturated heterocycles. The van der Waals surface area contributed by atoms with Gasteiger partial charge in [-0.05, 0) is 29.8 Å². The minimum atomic E-state index is -2.96. The number of alkyl halides is 2. The predicted octanol–water partition coefficient (Wildman–Crippen LogP) is 3.06. The number of carbonyl (C=O) groups excluding carboxylic acids is 1. The fourth-order valence-electron chi connectivity index (χ4n) is 3.04. The van der Waals surface area contributed by atoms with Crippen LogP contribution in [0.2, 0.25) is 0 Å². The van der Waals surface area contributed by atoms with Crippen LogP contribution in [0.15, 0.2) is 53.6 Å². The summed E-state index contributed by atoms with van der Waals surface area (Å²) < 4.78 is 35.7. The van der Waals surface area contributed by atoms with E-state index in [-0.39, 0.29) is 42.5 Å². The van der Waals surface area contributed by atoms with Crippen molar-refractivity contribution in [3.63, 3.8) is 0 Å². The molecule has 0 bridgehead atoms. The van der Waals surface area contributed by atoms with E-state index in [0.717, 1.165) is 0 Å². The topological polar surface area (TPSA) is 73.7 Å². The maximum atomic E-state index is 12.5. The standard InChI is InChI=1S/C21H21F2N3O4/c1-25(12-14-7-8-17(30-21(22)23)18(11-14)29-2)19(27)9-10-26-13-24-16-6-4-3-5-15(16)20(26)28/h3-8,11,13,21H,9-10,12H2,1-2H3. The van der Waals surface area contributed by atoms with Gasteiger partial charge in [-0.25, -0.2) is 4.98 Å². The van der Waals surface area contributed by atoms with E-state index in [1.807, 2.05) is 0 Å². The fraction of sp³-hybridized carbons (Fsp3) is 0.286. The molecule has 0 radical (unpaired) electrons. The molecule has 158 valence electrons. The van der Waals surface area contributed by atoms with Crippen molar-refractivity contribution in [3.8, 4) is 11.5 Å². The number of hydrogen-bond donors (Lipinski definition) is 0. The second-order valence-corrected chi connectivity index (χ2v) is 6.62. The lowest BCUT2D eigenvalue weighted by molar-refractivity contribution is -0.130. The summed E-state index contributed by atoms with van der Waals surface area (Å²) in [5.41, 5.74) is 1.10. The molecule has 0 unspecified atom stereocenters. The van der Waals surface area contributed by atoms with Gasteiger partial charge in [0, 0.05) is 26.6 Å². The molecule has 0 N–H and O–H groups in total. The van der Waals surface area contributed by atoms with Gasteiger partial charge in [0.2, 0.25) is 5.91 Å². The zero-order valence-corrected chi connectivity index (χ0v) is 16.5. The molecule has 1 aromatic heterocycles. The highest BCUT2D eigenvalue weighted by atomic mass is 19.3. The normalized spacial score (nSPS) is 11.0. The Hall–Kier alpha value is -3.49. The Morgan fingerprint density at radius 1 is 1.20 bits per heavy atom. The summed E-state index contributed by atoms with van der Waals surface area (Å²) in [6.45, 7) is -2.51. The maximum absolute atomic E-state index is 12.5. The van der Waals surface area contributed by atoms with Gasteiger partial charge in [0.15, 0.2) is 11.5 Å². The van der Waals surface area contributed by atoms with Crippen LogP contribution in [-0.2, 0) is 17.9 Å². The van der Waals surface area contributed by atoms with Gasteiger partial charge in [-0.1, -0.05) is 18.2 Å². The number of ether oxygens (including phenoxy) is 2. The second kappa shape index (κ2) is 9.34. The van der Waals surface area contributed by atoms with Crippen molar-refractivity contribution >= 4 is 16.8 Å². The number of aromatic nitrogens is 2. The summed E-state index contributed by atoms with van der Waals surface area (Å²) in [5.74, 6) is -0.0993. The Morgan fingerprint density at radius 3 is 2.70 bits per heavy atom. The summed E-state index contributed by atoms with van der Waals surface area (Å²) in [6, 6.07) is 11.5. The maximum Gasteiger partial charge on any atom is 0.387 e. The quantitative estimate of drug-likeness (QED) is 0.563. The van der Waals surface area contributed by atoms with Gasteiger partial charge in [-0.15, -0.1) is 0 Å². The number of amides is 1. The van der Waals surface area contributed by atoms with E-state index in [4.69, 9.17) is 4.74 Å². The van der Waals surface area contributed by atoms with Crippen LogP contribution in [0.5, 0.6) is 11.5 Å². The largest absolute Gasteiger partial charge is 0.493 e. The first-order chi connectivity index (χ1) is 14.4. The molecule has 30 heavy (non-hydrogen) atoms. The predicted molar refractivity (Wildman–Crippen MR) is 107 cm³/mol. The number of aryl methyl sites for hydroxylation is 1. The summed E-state index contributed by atoms with van der Waals surface area (Å²) in [7, 11) is 2.97. The Labute approximate surface area is 171 Å². The minimum absolute atomic E-state index is 0.0755. The van der Waals surface area contributed by atoms with E-state index >= 15 is 0 Å². The summed E-state index contributed by atoms with van der Waals surface area (Å²) in [4.78, 5) is 30.7. The molecular weight excluding hydrogens is 396 g/mol. The number of nitrogens with zero attached hydrogens (tertiary/aromatic N) is 3. The number of methoxy groups -OCH3 is 1. The van der Waals surface area contributed by atoms with Gasteiger partial charge in [-0.2, -0.15) is 8.78 Å². The van der Waals surface area contributed by atoms with E-state index < -0.39 is 6.61 Å². The zero-order valence-electron chi connectivity index (χ0n) is 16.5. The zero-order chi connectivity index (χ0) is 21.7. The van der Waals surface area contributed by atoms with E-state index in [1.165, 1.54) is 29.0 Å². The van der Waals surface area contributed by atoms with Crippen LogP contribution in [0.3, 0.4) is 0 Å². The van der Waals surface area contributed by atoms with Crippen LogP contribution < -0.4 is 15.0 Å². The number of fused-ring (bicyclic) bond motifs is 1. The van der Waals surface area contributed by atoms with Crippen LogP contribution in [0, 0.1) is 0 Å². The summed E-state index contributed by atoms with van der Waals surface area (Å²) in [6.07, 6.45) is 1.55. The highest BCUT2D eigenvalue weighted by molar-refractivity contribution is 5.77. The average Bonchev–Trinajstić information content (AvgIpc) is 2.74. The van der Waals surface area contributed by atoms with Gasteiger partial charge < -0.3 is 14.4 Å². The molecule has 0 fully saturated rings. The molecule has 3 aromatic rings. The third-order valence-electron chi connectivity index (χ3n) is 4.59. The van der Waals surface area contributed by atoms with Gasteiger partial charge in [0.25, 0.3) is 5.56 Å². The molecular formula is C21H21F2N3O4. The molecule has 0 atom stereocenters. The van der Waals surface area contributed by atoms with Crippen molar-refractivity contribution in [1.82, 2.24) is 14.5 Å². The highest BCUT2D eigenvalue weighted by Gasteiger charge is 2.14. The number of para-hydroxylation sites is 1. The number of benzene rings is 2. The van der Waals surface area contributed by atoms with Gasteiger partial charge >= 0.3 is 6.61 Å². The van der Waals surface area contributed by atoms with Crippen molar-refractivity contribution in [1.29, 1.82) is 0 Å². The van der Waals surface area contributed by atoms with Crippen LogP contribution in [-0.4, -0.2) is 41.1 Å². The van der Waals surface area contributed by atoms with Gasteiger partial charge in [-0.3, -0.25) is 14.2 Å². The van der Waals surface area contributed by atoms with Crippen LogP contribution >= 0.6 is 0 Å². The van der Waals surface area contributed by atoms with E-state index in [1.54, 1.807) is 43.4 Å². The van der Waals surface area contributed by atoms with E-state index in [9.17, 15) is 18.4 Å². The lowest BCUT2D eigenvalue weighted by Gasteiger charge is -2.19. The van der Waals surface area contributed by atoms with E-state index in [2.05, 4.69) is 9.72 Å². The first kappa shape index (κ1) is 21.2. The minimum Gasteiger partial charge on any atom is -0.493 e. The van der Waals surface area contributed by atoms with E-state index in [0.29, 0.717) is 16.5 Å². The Kier molecular flexibility index (Phi) is 6.61.